The zero-order valence-corrected chi connectivity index (χ0v) is 15.3. The summed E-state index contributed by atoms with van der Waals surface area (Å²) >= 11 is 0. The van der Waals surface area contributed by atoms with Gasteiger partial charge in [-0.3, -0.25) is 9.59 Å². The van der Waals surface area contributed by atoms with E-state index in [9.17, 15) is 9.59 Å². The Morgan fingerprint density at radius 1 is 1.12 bits per heavy atom. The molecule has 2 aromatic rings. The van der Waals surface area contributed by atoms with E-state index in [2.05, 4.69) is 17.6 Å². The Labute approximate surface area is 152 Å². The SMILES string of the molecule is COc1ccc(NC(C)=O)cc1NC(=O)c1cccc2c1OC(C)C2C. The molecule has 0 bridgehead atoms. The number of hydrogen-bond acceptors (Lipinski definition) is 4. The first-order valence-electron chi connectivity index (χ1n) is 8.47. The Bertz CT molecular complexity index is 863. The fourth-order valence-electron chi connectivity index (χ4n) is 3.04. The smallest absolute Gasteiger partial charge is 0.259 e. The molecule has 2 atom stereocenters. The highest BCUT2D eigenvalue weighted by Crippen LogP contribution is 2.40. The first-order valence-corrected chi connectivity index (χ1v) is 8.47. The molecule has 136 valence electrons. The van der Waals surface area contributed by atoms with Crippen LogP contribution >= 0.6 is 0 Å². The molecule has 1 heterocycles. The van der Waals surface area contributed by atoms with Gasteiger partial charge in [0.1, 0.15) is 17.6 Å². The second kappa shape index (κ2) is 7.07. The van der Waals surface area contributed by atoms with E-state index < -0.39 is 0 Å². The van der Waals surface area contributed by atoms with E-state index in [1.54, 1.807) is 24.3 Å². The quantitative estimate of drug-likeness (QED) is 0.876. The predicted octanol–water partition coefficient (Wildman–Crippen LogP) is 3.79. The minimum absolute atomic E-state index is 0.0246. The van der Waals surface area contributed by atoms with Crippen LogP contribution in [0.25, 0.3) is 0 Å². The summed E-state index contributed by atoms with van der Waals surface area (Å²) in [6.45, 7) is 5.50. The highest BCUT2D eigenvalue weighted by molar-refractivity contribution is 6.07. The Morgan fingerprint density at radius 2 is 1.88 bits per heavy atom. The molecule has 2 amide bonds. The second-order valence-electron chi connectivity index (χ2n) is 6.39. The van der Waals surface area contributed by atoms with E-state index in [-0.39, 0.29) is 23.8 Å². The average Bonchev–Trinajstić information content (AvgIpc) is 2.89. The van der Waals surface area contributed by atoms with Crippen LogP contribution in [0.5, 0.6) is 11.5 Å². The zero-order chi connectivity index (χ0) is 18.8. The largest absolute Gasteiger partial charge is 0.495 e. The molecule has 0 fully saturated rings. The summed E-state index contributed by atoms with van der Waals surface area (Å²) in [6.07, 6.45) is 0.0246. The van der Waals surface area contributed by atoms with Crippen LogP contribution in [0, 0.1) is 0 Å². The molecular formula is C20H22N2O4. The first kappa shape index (κ1) is 17.8. The maximum Gasteiger partial charge on any atom is 0.259 e. The monoisotopic (exact) mass is 354 g/mol. The van der Waals surface area contributed by atoms with Crippen molar-refractivity contribution < 1.29 is 19.1 Å². The van der Waals surface area contributed by atoms with Gasteiger partial charge in [0.15, 0.2) is 0 Å². The number of anilines is 2. The number of rotatable bonds is 4. The van der Waals surface area contributed by atoms with Crippen molar-refractivity contribution in [1.82, 2.24) is 0 Å². The molecule has 1 aliphatic heterocycles. The van der Waals surface area contributed by atoms with E-state index in [1.165, 1.54) is 14.0 Å². The van der Waals surface area contributed by atoms with Crippen molar-refractivity contribution in [1.29, 1.82) is 0 Å². The van der Waals surface area contributed by atoms with E-state index >= 15 is 0 Å². The lowest BCUT2D eigenvalue weighted by molar-refractivity contribution is -0.114. The van der Waals surface area contributed by atoms with Crippen molar-refractivity contribution in [2.45, 2.75) is 32.8 Å². The molecule has 6 nitrogen and oxygen atoms in total. The number of fused-ring (bicyclic) bond motifs is 1. The average molecular weight is 354 g/mol. The third-order valence-corrected chi connectivity index (χ3v) is 4.56. The molecular weight excluding hydrogens is 332 g/mol. The van der Waals surface area contributed by atoms with Gasteiger partial charge in [0.2, 0.25) is 5.91 Å². The molecule has 2 N–H and O–H groups in total. The number of hydrogen-bond donors (Lipinski definition) is 2. The minimum atomic E-state index is -0.290. The Kier molecular flexibility index (Phi) is 4.84. The second-order valence-corrected chi connectivity index (χ2v) is 6.39. The zero-order valence-electron chi connectivity index (χ0n) is 15.3. The molecule has 3 rings (SSSR count). The molecule has 0 aliphatic carbocycles. The standard InChI is InChI=1S/C20H22N2O4/c1-11-12(2)26-19-15(11)6-5-7-16(19)20(24)22-17-10-14(21-13(3)23)8-9-18(17)25-4/h5-12H,1-4H3,(H,21,23)(H,22,24). The molecule has 0 saturated heterocycles. The van der Waals surface area contributed by atoms with Crippen molar-refractivity contribution >= 4 is 23.2 Å². The van der Waals surface area contributed by atoms with Gasteiger partial charge < -0.3 is 20.1 Å². The Morgan fingerprint density at radius 3 is 2.58 bits per heavy atom. The summed E-state index contributed by atoms with van der Waals surface area (Å²) in [5.74, 6) is 0.881. The van der Waals surface area contributed by atoms with Crippen molar-refractivity contribution in [3.8, 4) is 11.5 Å². The molecule has 2 unspecified atom stereocenters. The fraction of sp³-hybridized carbons (Fsp3) is 0.300. The molecule has 0 aromatic heterocycles. The van der Waals surface area contributed by atoms with Gasteiger partial charge in [-0.1, -0.05) is 19.1 Å². The van der Waals surface area contributed by atoms with Crippen LogP contribution in [-0.2, 0) is 4.79 Å². The number of amides is 2. The van der Waals surface area contributed by atoms with Crippen LogP contribution in [0.3, 0.4) is 0 Å². The number of carbonyl (C=O) groups excluding carboxylic acids is 2. The maximum atomic E-state index is 12.9. The molecule has 0 spiro atoms. The summed E-state index contributed by atoms with van der Waals surface area (Å²) < 4.78 is 11.2. The minimum Gasteiger partial charge on any atom is -0.495 e. The van der Waals surface area contributed by atoms with Gasteiger partial charge in [-0.2, -0.15) is 0 Å². The van der Waals surface area contributed by atoms with Gasteiger partial charge in [-0.05, 0) is 31.2 Å². The topological polar surface area (TPSA) is 76.7 Å². The van der Waals surface area contributed by atoms with Crippen molar-refractivity contribution in [3.63, 3.8) is 0 Å². The van der Waals surface area contributed by atoms with Gasteiger partial charge in [-0.15, -0.1) is 0 Å². The summed E-state index contributed by atoms with van der Waals surface area (Å²) in [6, 6.07) is 10.6. The maximum absolute atomic E-state index is 12.9. The van der Waals surface area contributed by atoms with Crippen LogP contribution in [0.2, 0.25) is 0 Å². The molecule has 26 heavy (non-hydrogen) atoms. The van der Waals surface area contributed by atoms with Crippen LogP contribution in [0.4, 0.5) is 11.4 Å². The van der Waals surface area contributed by atoms with Crippen molar-refractivity contribution in [3.05, 3.63) is 47.5 Å². The van der Waals surface area contributed by atoms with Gasteiger partial charge >= 0.3 is 0 Å². The van der Waals surface area contributed by atoms with E-state index in [4.69, 9.17) is 9.47 Å². The predicted molar refractivity (Wildman–Crippen MR) is 100 cm³/mol. The first-order chi connectivity index (χ1) is 12.4. The summed E-state index contributed by atoms with van der Waals surface area (Å²) in [5.41, 5.74) is 2.56. The van der Waals surface area contributed by atoms with Crippen LogP contribution in [0.1, 0.15) is 42.6 Å². The lowest BCUT2D eigenvalue weighted by Gasteiger charge is -2.14. The third-order valence-electron chi connectivity index (χ3n) is 4.56. The summed E-state index contributed by atoms with van der Waals surface area (Å²) in [5, 5.41) is 5.55. The number of para-hydroxylation sites is 1. The van der Waals surface area contributed by atoms with E-state index in [0.29, 0.717) is 28.4 Å². The highest BCUT2D eigenvalue weighted by atomic mass is 16.5. The molecule has 2 aromatic carbocycles. The number of benzene rings is 2. The van der Waals surface area contributed by atoms with Crippen molar-refractivity contribution in [2.24, 2.45) is 0 Å². The van der Waals surface area contributed by atoms with Crippen LogP contribution in [-0.4, -0.2) is 25.0 Å². The van der Waals surface area contributed by atoms with Gasteiger partial charge in [-0.25, -0.2) is 0 Å². The normalized spacial score (nSPS) is 17.8. The molecule has 1 aliphatic rings. The third kappa shape index (κ3) is 3.35. The van der Waals surface area contributed by atoms with Crippen LogP contribution < -0.4 is 20.1 Å². The van der Waals surface area contributed by atoms with Crippen LogP contribution in [0.15, 0.2) is 36.4 Å². The highest BCUT2D eigenvalue weighted by Gasteiger charge is 2.31. The summed E-state index contributed by atoms with van der Waals surface area (Å²) in [4.78, 5) is 24.1. The fourth-order valence-corrected chi connectivity index (χ4v) is 3.04. The van der Waals surface area contributed by atoms with Gasteiger partial charge in [0.05, 0.1) is 18.4 Å². The Balaban J connectivity index is 1.91. The summed E-state index contributed by atoms with van der Waals surface area (Å²) in [7, 11) is 1.52. The number of nitrogens with one attached hydrogen (secondary N) is 2. The molecule has 0 radical (unpaired) electrons. The molecule has 6 heteroatoms. The lowest BCUT2D eigenvalue weighted by Crippen LogP contribution is -2.15. The molecule has 0 saturated carbocycles. The van der Waals surface area contributed by atoms with Gasteiger partial charge in [0.25, 0.3) is 5.91 Å². The Hall–Kier alpha value is -3.02. The number of ether oxygens (including phenoxy) is 2. The number of carbonyl (C=O) groups is 2. The lowest BCUT2D eigenvalue weighted by atomic mass is 9.97. The number of methoxy groups -OCH3 is 1. The van der Waals surface area contributed by atoms with Crippen molar-refractivity contribution in [2.75, 3.05) is 17.7 Å². The van der Waals surface area contributed by atoms with Gasteiger partial charge in [0, 0.05) is 24.1 Å². The van der Waals surface area contributed by atoms with E-state index in [1.807, 2.05) is 19.1 Å². The van der Waals surface area contributed by atoms with E-state index in [0.717, 1.165) is 5.56 Å².